The molecule has 0 bridgehead atoms. The van der Waals surface area contributed by atoms with Crippen molar-refractivity contribution in [2.75, 3.05) is 7.11 Å². The SMILES string of the molecule is COc1ccc(C(=O)/C=C/C(=O)NC2CCC2)cc1. The third-order valence-electron chi connectivity index (χ3n) is 3.21. The lowest BCUT2D eigenvalue weighted by Gasteiger charge is -2.25. The number of rotatable bonds is 5. The van der Waals surface area contributed by atoms with Crippen LogP contribution in [0.2, 0.25) is 0 Å². The van der Waals surface area contributed by atoms with Crippen LogP contribution in [-0.4, -0.2) is 24.8 Å². The van der Waals surface area contributed by atoms with E-state index in [-0.39, 0.29) is 17.7 Å². The van der Waals surface area contributed by atoms with Crippen LogP contribution in [0.25, 0.3) is 0 Å². The molecule has 2 rings (SSSR count). The number of allylic oxidation sites excluding steroid dienone is 1. The van der Waals surface area contributed by atoms with Crippen LogP contribution in [0.5, 0.6) is 5.75 Å². The minimum absolute atomic E-state index is 0.189. The number of ether oxygens (including phenoxy) is 1. The fourth-order valence-electron chi connectivity index (χ4n) is 1.80. The third kappa shape index (κ3) is 3.68. The highest BCUT2D eigenvalue weighted by atomic mass is 16.5. The minimum Gasteiger partial charge on any atom is -0.497 e. The van der Waals surface area contributed by atoms with Crippen LogP contribution < -0.4 is 10.1 Å². The van der Waals surface area contributed by atoms with E-state index in [9.17, 15) is 9.59 Å². The van der Waals surface area contributed by atoms with E-state index in [1.54, 1.807) is 31.4 Å². The zero-order valence-corrected chi connectivity index (χ0v) is 10.9. The average molecular weight is 259 g/mol. The van der Waals surface area contributed by atoms with Crippen molar-refractivity contribution in [1.82, 2.24) is 5.32 Å². The Hall–Kier alpha value is -2.10. The largest absolute Gasteiger partial charge is 0.497 e. The van der Waals surface area contributed by atoms with E-state index in [0.29, 0.717) is 11.3 Å². The molecule has 1 N–H and O–H groups in total. The summed E-state index contributed by atoms with van der Waals surface area (Å²) in [4.78, 5) is 23.3. The summed E-state index contributed by atoms with van der Waals surface area (Å²) >= 11 is 0. The Morgan fingerprint density at radius 1 is 1.21 bits per heavy atom. The second kappa shape index (κ2) is 6.18. The summed E-state index contributed by atoms with van der Waals surface area (Å²) in [6, 6.07) is 7.07. The quantitative estimate of drug-likeness (QED) is 0.651. The Morgan fingerprint density at radius 3 is 2.42 bits per heavy atom. The fourth-order valence-corrected chi connectivity index (χ4v) is 1.80. The first kappa shape index (κ1) is 13.3. The summed E-state index contributed by atoms with van der Waals surface area (Å²) < 4.78 is 5.02. The molecule has 0 radical (unpaired) electrons. The van der Waals surface area contributed by atoms with Gasteiger partial charge in [-0.1, -0.05) is 0 Å². The first-order valence-corrected chi connectivity index (χ1v) is 6.36. The molecule has 19 heavy (non-hydrogen) atoms. The van der Waals surface area contributed by atoms with Crippen LogP contribution >= 0.6 is 0 Å². The molecule has 1 amide bonds. The van der Waals surface area contributed by atoms with Crippen molar-refractivity contribution < 1.29 is 14.3 Å². The summed E-state index contributed by atoms with van der Waals surface area (Å²) in [5.41, 5.74) is 0.536. The normalized spacial score (nSPS) is 15.0. The number of benzene rings is 1. The molecular weight excluding hydrogens is 242 g/mol. The number of hydrogen-bond acceptors (Lipinski definition) is 3. The third-order valence-corrected chi connectivity index (χ3v) is 3.21. The van der Waals surface area contributed by atoms with E-state index in [4.69, 9.17) is 4.74 Å². The molecule has 0 unspecified atom stereocenters. The standard InChI is InChI=1S/C15H17NO3/c1-19-13-7-5-11(6-8-13)14(17)9-10-15(18)16-12-3-2-4-12/h5-10,12H,2-4H2,1H3,(H,16,18)/b10-9+. The predicted octanol–water partition coefficient (Wildman–Crippen LogP) is 2.10. The number of carbonyl (C=O) groups excluding carboxylic acids is 2. The topological polar surface area (TPSA) is 55.4 Å². The number of carbonyl (C=O) groups is 2. The lowest BCUT2D eigenvalue weighted by Crippen LogP contribution is -2.38. The van der Waals surface area contributed by atoms with Crippen LogP contribution in [-0.2, 0) is 4.79 Å². The van der Waals surface area contributed by atoms with Gasteiger partial charge in [-0.2, -0.15) is 0 Å². The molecule has 4 heteroatoms. The van der Waals surface area contributed by atoms with Crippen molar-refractivity contribution in [3.63, 3.8) is 0 Å². The molecule has 0 aromatic heterocycles. The molecule has 1 saturated carbocycles. The maximum Gasteiger partial charge on any atom is 0.244 e. The Morgan fingerprint density at radius 2 is 1.89 bits per heavy atom. The molecule has 1 aliphatic carbocycles. The molecule has 0 heterocycles. The van der Waals surface area contributed by atoms with Gasteiger partial charge in [0.2, 0.25) is 5.91 Å². The molecule has 1 aromatic carbocycles. The van der Waals surface area contributed by atoms with Gasteiger partial charge in [0.05, 0.1) is 7.11 Å². The van der Waals surface area contributed by atoms with Gasteiger partial charge < -0.3 is 10.1 Å². The summed E-state index contributed by atoms with van der Waals surface area (Å²) in [6.07, 6.45) is 5.83. The van der Waals surface area contributed by atoms with E-state index in [1.807, 2.05) is 0 Å². The summed E-state index contributed by atoms with van der Waals surface area (Å²) in [5.74, 6) is 0.307. The smallest absolute Gasteiger partial charge is 0.244 e. The fraction of sp³-hybridized carbons (Fsp3) is 0.333. The van der Waals surface area contributed by atoms with E-state index in [0.717, 1.165) is 12.8 Å². The average Bonchev–Trinajstić information content (AvgIpc) is 2.40. The summed E-state index contributed by atoms with van der Waals surface area (Å²) in [6.45, 7) is 0. The molecule has 0 aliphatic heterocycles. The maximum absolute atomic E-state index is 11.8. The second-order valence-electron chi connectivity index (χ2n) is 4.56. The van der Waals surface area contributed by atoms with E-state index >= 15 is 0 Å². The van der Waals surface area contributed by atoms with Gasteiger partial charge >= 0.3 is 0 Å². The van der Waals surface area contributed by atoms with E-state index < -0.39 is 0 Å². The lowest BCUT2D eigenvalue weighted by atomic mass is 9.93. The molecule has 1 aliphatic rings. The number of amides is 1. The van der Waals surface area contributed by atoms with Crippen molar-refractivity contribution in [2.45, 2.75) is 25.3 Å². The molecule has 4 nitrogen and oxygen atoms in total. The molecule has 0 spiro atoms. The summed E-state index contributed by atoms with van der Waals surface area (Å²) in [5, 5.41) is 2.84. The number of nitrogens with one attached hydrogen (secondary N) is 1. The number of ketones is 1. The van der Waals surface area contributed by atoms with Crippen molar-refractivity contribution in [3.8, 4) is 5.75 Å². The molecule has 100 valence electrons. The van der Waals surface area contributed by atoms with Gasteiger partial charge in [-0.15, -0.1) is 0 Å². The number of hydrogen-bond donors (Lipinski definition) is 1. The van der Waals surface area contributed by atoms with Crippen LogP contribution in [0.3, 0.4) is 0 Å². The highest BCUT2D eigenvalue weighted by molar-refractivity contribution is 6.07. The second-order valence-corrected chi connectivity index (χ2v) is 4.56. The summed E-state index contributed by atoms with van der Waals surface area (Å²) in [7, 11) is 1.57. The van der Waals surface area contributed by atoms with Crippen LogP contribution in [0.4, 0.5) is 0 Å². The Labute approximate surface area is 112 Å². The van der Waals surface area contributed by atoms with E-state index in [1.165, 1.54) is 18.6 Å². The van der Waals surface area contributed by atoms with Crippen LogP contribution in [0.15, 0.2) is 36.4 Å². The van der Waals surface area contributed by atoms with Crippen molar-refractivity contribution in [2.24, 2.45) is 0 Å². The van der Waals surface area contributed by atoms with Gasteiger partial charge in [-0.3, -0.25) is 9.59 Å². The van der Waals surface area contributed by atoms with Gasteiger partial charge in [0.15, 0.2) is 5.78 Å². The van der Waals surface area contributed by atoms with Gasteiger partial charge in [-0.25, -0.2) is 0 Å². The zero-order chi connectivity index (χ0) is 13.7. The van der Waals surface area contributed by atoms with Crippen molar-refractivity contribution in [1.29, 1.82) is 0 Å². The lowest BCUT2D eigenvalue weighted by molar-refractivity contribution is -0.117. The van der Waals surface area contributed by atoms with Crippen molar-refractivity contribution >= 4 is 11.7 Å². The Kier molecular flexibility index (Phi) is 4.34. The van der Waals surface area contributed by atoms with E-state index in [2.05, 4.69) is 5.32 Å². The molecular formula is C15H17NO3. The monoisotopic (exact) mass is 259 g/mol. The van der Waals surface area contributed by atoms with Crippen LogP contribution in [0.1, 0.15) is 29.6 Å². The minimum atomic E-state index is -0.202. The zero-order valence-electron chi connectivity index (χ0n) is 10.9. The highest BCUT2D eigenvalue weighted by Gasteiger charge is 2.18. The molecule has 1 fully saturated rings. The Bertz CT molecular complexity index is 487. The van der Waals surface area contributed by atoms with Gasteiger partial charge in [0, 0.05) is 17.7 Å². The first-order chi connectivity index (χ1) is 9.19. The molecule has 1 aromatic rings. The number of methoxy groups -OCH3 is 1. The molecule has 0 saturated heterocycles. The highest BCUT2D eigenvalue weighted by Crippen LogP contribution is 2.17. The van der Waals surface area contributed by atoms with Crippen molar-refractivity contribution in [3.05, 3.63) is 42.0 Å². The molecule has 0 atom stereocenters. The Balaban J connectivity index is 1.89. The van der Waals surface area contributed by atoms with Gasteiger partial charge in [-0.05, 0) is 49.6 Å². The predicted molar refractivity (Wildman–Crippen MR) is 72.2 cm³/mol. The van der Waals surface area contributed by atoms with Crippen LogP contribution in [0, 0.1) is 0 Å². The van der Waals surface area contributed by atoms with Gasteiger partial charge in [0.1, 0.15) is 5.75 Å². The van der Waals surface area contributed by atoms with Gasteiger partial charge in [0.25, 0.3) is 0 Å². The first-order valence-electron chi connectivity index (χ1n) is 6.36. The maximum atomic E-state index is 11.8.